The predicted molar refractivity (Wildman–Crippen MR) is 116 cm³/mol. The number of ketones is 1. The first-order valence-corrected chi connectivity index (χ1v) is 10.3. The zero-order valence-electron chi connectivity index (χ0n) is 18.0. The largest absolute Gasteiger partial charge is 0.507 e. The summed E-state index contributed by atoms with van der Waals surface area (Å²) in [5, 5.41) is 11.0. The number of likely N-dealkylation sites (N-methyl/N-ethyl adjacent to an activating group) is 1. The third-order valence-corrected chi connectivity index (χ3v) is 5.65. The first kappa shape index (κ1) is 22.5. The van der Waals surface area contributed by atoms with Crippen molar-refractivity contribution in [2.75, 3.05) is 33.3 Å². The van der Waals surface area contributed by atoms with Crippen LogP contribution in [0.1, 0.15) is 31.0 Å². The van der Waals surface area contributed by atoms with Crippen molar-refractivity contribution in [3.63, 3.8) is 0 Å². The number of halogens is 1. The van der Waals surface area contributed by atoms with Gasteiger partial charge in [0.2, 0.25) is 0 Å². The Bertz CT molecular complexity index is 983. The molecule has 0 bridgehead atoms. The molecule has 0 aliphatic carbocycles. The van der Waals surface area contributed by atoms with Gasteiger partial charge in [0, 0.05) is 24.2 Å². The summed E-state index contributed by atoms with van der Waals surface area (Å²) in [5.41, 5.74) is 0.417. The maximum absolute atomic E-state index is 14.8. The van der Waals surface area contributed by atoms with Crippen LogP contribution in [0.4, 0.5) is 4.39 Å². The van der Waals surface area contributed by atoms with Gasteiger partial charge >= 0.3 is 0 Å². The minimum Gasteiger partial charge on any atom is -0.507 e. The fourth-order valence-corrected chi connectivity index (χ4v) is 3.82. The van der Waals surface area contributed by atoms with Crippen molar-refractivity contribution in [3.05, 3.63) is 71.0 Å². The van der Waals surface area contributed by atoms with Crippen molar-refractivity contribution >= 4 is 17.4 Å². The van der Waals surface area contributed by atoms with Gasteiger partial charge in [-0.05, 0) is 43.4 Å². The van der Waals surface area contributed by atoms with Crippen LogP contribution in [0, 0.1) is 5.82 Å². The van der Waals surface area contributed by atoms with Crippen molar-refractivity contribution < 1.29 is 23.8 Å². The van der Waals surface area contributed by atoms with E-state index in [1.165, 1.54) is 24.1 Å². The number of benzene rings is 2. The second kappa shape index (κ2) is 9.75. The summed E-state index contributed by atoms with van der Waals surface area (Å²) < 4.78 is 19.9. The molecular weight excluding hydrogens is 399 g/mol. The van der Waals surface area contributed by atoms with E-state index < -0.39 is 23.5 Å². The van der Waals surface area contributed by atoms with Gasteiger partial charge in [0.15, 0.2) is 0 Å². The molecule has 0 spiro atoms. The molecule has 7 heteroatoms. The molecule has 2 aromatic rings. The summed E-state index contributed by atoms with van der Waals surface area (Å²) in [6, 6.07) is 11.5. The van der Waals surface area contributed by atoms with Crippen molar-refractivity contribution in [2.24, 2.45) is 0 Å². The zero-order chi connectivity index (χ0) is 22.5. The Hall–Kier alpha value is -3.19. The minimum absolute atomic E-state index is 0.111. The molecule has 1 aliphatic heterocycles. The Kier molecular flexibility index (Phi) is 7.07. The number of methoxy groups -OCH3 is 1. The SMILES string of the molecule is CCN(CC)CCN1C(=O)C(=O)/C(=C(\O)c2ccc(OC)cc2)C1c1ccccc1F. The normalized spacial score (nSPS) is 18.1. The molecule has 2 aromatic carbocycles. The average molecular weight is 426 g/mol. The fourth-order valence-electron chi connectivity index (χ4n) is 3.82. The molecule has 0 saturated carbocycles. The second-order valence-electron chi connectivity index (χ2n) is 7.27. The Labute approximate surface area is 181 Å². The summed E-state index contributed by atoms with van der Waals surface area (Å²) in [5.74, 6) is -1.85. The molecule has 1 fully saturated rings. The Morgan fingerprint density at radius 3 is 2.32 bits per heavy atom. The third kappa shape index (κ3) is 4.46. The van der Waals surface area contributed by atoms with E-state index in [4.69, 9.17) is 4.74 Å². The summed E-state index contributed by atoms with van der Waals surface area (Å²) in [4.78, 5) is 29.3. The van der Waals surface area contributed by atoms with Gasteiger partial charge in [-0.1, -0.05) is 32.0 Å². The van der Waals surface area contributed by atoms with Gasteiger partial charge in [-0.2, -0.15) is 0 Å². The molecule has 1 amide bonds. The number of Topliss-reactive ketones (excluding diaryl/α,β-unsaturated/α-hetero) is 1. The zero-order valence-corrected chi connectivity index (χ0v) is 18.0. The molecule has 1 unspecified atom stereocenters. The highest BCUT2D eigenvalue weighted by Crippen LogP contribution is 2.40. The highest BCUT2D eigenvalue weighted by Gasteiger charge is 2.46. The van der Waals surface area contributed by atoms with Crippen LogP contribution in [-0.2, 0) is 9.59 Å². The predicted octanol–water partition coefficient (Wildman–Crippen LogP) is 3.60. The molecule has 1 N–H and O–H groups in total. The van der Waals surface area contributed by atoms with Crippen LogP contribution in [0.15, 0.2) is 54.1 Å². The lowest BCUT2D eigenvalue weighted by molar-refractivity contribution is -0.140. The molecule has 1 saturated heterocycles. The highest BCUT2D eigenvalue weighted by molar-refractivity contribution is 6.46. The smallest absolute Gasteiger partial charge is 0.295 e. The van der Waals surface area contributed by atoms with E-state index in [0.717, 1.165) is 13.1 Å². The van der Waals surface area contributed by atoms with Gasteiger partial charge < -0.3 is 19.6 Å². The van der Waals surface area contributed by atoms with Crippen LogP contribution in [0.25, 0.3) is 5.76 Å². The lowest BCUT2D eigenvalue weighted by Crippen LogP contribution is -2.38. The molecule has 3 rings (SSSR count). The van der Waals surface area contributed by atoms with E-state index in [2.05, 4.69) is 4.90 Å². The van der Waals surface area contributed by atoms with Gasteiger partial charge in [0.1, 0.15) is 17.3 Å². The Morgan fingerprint density at radius 2 is 1.74 bits per heavy atom. The van der Waals surface area contributed by atoms with Crippen molar-refractivity contribution in [1.82, 2.24) is 9.80 Å². The van der Waals surface area contributed by atoms with Crippen LogP contribution in [0.5, 0.6) is 5.75 Å². The number of amides is 1. The summed E-state index contributed by atoms with van der Waals surface area (Å²) in [6.45, 7) is 6.37. The molecule has 0 aromatic heterocycles. The van der Waals surface area contributed by atoms with E-state index >= 15 is 0 Å². The summed E-state index contributed by atoms with van der Waals surface area (Å²) >= 11 is 0. The van der Waals surface area contributed by atoms with E-state index in [-0.39, 0.29) is 23.4 Å². The third-order valence-electron chi connectivity index (χ3n) is 5.65. The standard InChI is InChI=1S/C24H27FN2O4/c1-4-26(5-2)14-15-27-21(18-8-6-7-9-19(18)25)20(23(29)24(27)30)22(28)16-10-12-17(31-3)13-11-16/h6-13,21,28H,4-5,14-15H2,1-3H3/b22-20-. The van der Waals surface area contributed by atoms with Crippen molar-refractivity contribution in [3.8, 4) is 5.75 Å². The van der Waals surface area contributed by atoms with E-state index in [9.17, 15) is 19.1 Å². The lowest BCUT2D eigenvalue weighted by atomic mass is 9.95. The monoisotopic (exact) mass is 426 g/mol. The Morgan fingerprint density at radius 1 is 1.10 bits per heavy atom. The van der Waals surface area contributed by atoms with E-state index in [0.29, 0.717) is 17.9 Å². The van der Waals surface area contributed by atoms with E-state index in [1.807, 2.05) is 13.8 Å². The number of carbonyl (C=O) groups excluding carboxylic acids is 2. The first-order chi connectivity index (χ1) is 14.9. The number of hydrogen-bond donors (Lipinski definition) is 1. The minimum atomic E-state index is -1.00. The van der Waals surface area contributed by atoms with Gasteiger partial charge in [0.05, 0.1) is 18.7 Å². The highest BCUT2D eigenvalue weighted by atomic mass is 19.1. The number of hydrogen-bond acceptors (Lipinski definition) is 5. The fraction of sp³-hybridized carbons (Fsp3) is 0.333. The molecule has 0 radical (unpaired) electrons. The van der Waals surface area contributed by atoms with Crippen LogP contribution >= 0.6 is 0 Å². The van der Waals surface area contributed by atoms with Crippen LogP contribution in [0.2, 0.25) is 0 Å². The molecule has 1 aliphatic rings. The average Bonchev–Trinajstić information content (AvgIpc) is 3.04. The number of ether oxygens (including phenoxy) is 1. The van der Waals surface area contributed by atoms with Gasteiger partial charge in [-0.25, -0.2) is 4.39 Å². The van der Waals surface area contributed by atoms with Gasteiger partial charge in [-0.15, -0.1) is 0 Å². The molecule has 164 valence electrons. The van der Waals surface area contributed by atoms with Crippen LogP contribution in [0.3, 0.4) is 0 Å². The first-order valence-electron chi connectivity index (χ1n) is 10.3. The second-order valence-corrected chi connectivity index (χ2v) is 7.27. The number of aliphatic hydroxyl groups is 1. The quantitative estimate of drug-likeness (QED) is 0.397. The summed E-state index contributed by atoms with van der Waals surface area (Å²) in [7, 11) is 1.52. The number of aliphatic hydroxyl groups excluding tert-OH is 1. The molecule has 31 heavy (non-hydrogen) atoms. The maximum Gasteiger partial charge on any atom is 0.295 e. The molecule has 6 nitrogen and oxygen atoms in total. The Balaban J connectivity index is 2.10. The van der Waals surface area contributed by atoms with Crippen molar-refractivity contribution in [1.29, 1.82) is 0 Å². The molecular formula is C24H27FN2O4. The number of likely N-dealkylation sites (tertiary alicyclic amines) is 1. The number of nitrogens with zero attached hydrogens (tertiary/aromatic N) is 2. The van der Waals surface area contributed by atoms with Gasteiger partial charge in [0.25, 0.3) is 11.7 Å². The topological polar surface area (TPSA) is 70.1 Å². The lowest BCUT2D eigenvalue weighted by Gasteiger charge is -2.28. The number of rotatable bonds is 8. The summed E-state index contributed by atoms with van der Waals surface area (Å²) in [6.07, 6.45) is 0. The van der Waals surface area contributed by atoms with Crippen molar-refractivity contribution in [2.45, 2.75) is 19.9 Å². The molecule has 1 heterocycles. The maximum atomic E-state index is 14.8. The van der Waals surface area contributed by atoms with Crippen LogP contribution < -0.4 is 4.74 Å². The van der Waals surface area contributed by atoms with Gasteiger partial charge in [-0.3, -0.25) is 9.59 Å². The van der Waals surface area contributed by atoms with E-state index in [1.54, 1.807) is 36.4 Å². The number of carbonyl (C=O) groups is 2. The van der Waals surface area contributed by atoms with Crippen LogP contribution in [-0.4, -0.2) is 59.9 Å². The molecule has 1 atom stereocenters.